The Balaban J connectivity index is 2.25. The van der Waals surface area contributed by atoms with Crippen LogP contribution < -0.4 is 15.4 Å². The molecule has 2 aromatic carbocycles. The summed E-state index contributed by atoms with van der Waals surface area (Å²) in [6.45, 7) is 3.67. The Labute approximate surface area is 157 Å². The number of alkyl halides is 3. The van der Waals surface area contributed by atoms with Gasteiger partial charge in [0, 0.05) is 12.2 Å². The number of rotatable bonds is 6. The number of thioether (sulfide) groups is 1. The molecule has 0 aromatic heterocycles. The smallest absolute Gasteiger partial charge is 0.446 e. The lowest BCUT2D eigenvalue weighted by atomic mass is 10.2. The van der Waals surface area contributed by atoms with E-state index in [-0.39, 0.29) is 40.4 Å². The molecular formula is C18H14F3N3O2S. The molecule has 0 aliphatic rings. The third kappa shape index (κ3) is 6.60. The highest BCUT2D eigenvalue weighted by Gasteiger charge is 2.31. The topological polar surface area (TPSA) is 74.2 Å². The number of halogens is 3. The fraction of sp³-hybridized carbons (Fsp3) is 0.111. The zero-order valence-corrected chi connectivity index (χ0v) is 14.7. The summed E-state index contributed by atoms with van der Waals surface area (Å²) in [6, 6.07) is 11.2. The Morgan fingerprint density at radius 1 is 1.26 bits per heavy atom. The van der Waals surface area contributed by atoms with Crippen LogP contribution in [0.2, 0.25) is 0 Å². The van der Waals surface area contributed by atoms with Gasteiger partial charge in [-0.2, -0.15) is 18.4 Å². The van der Waals surface area contributed by atoms with Crippen molar-refractivity contribution < 1.29 is 22.7 Å². The maximum Gasteiger partial charge on any atom is 0.446 e. The van der Waals surface area contributed by atoms with E-state index in [1.54, 1.807) is 0 Å². The van der Waals surface area contributed by atoms with Crippen molar-refractivity contribution >= 4 is 23.5 Å². The molecule has 2 aromatic rings. The van der Waals surface area contributed by atoms with Crippen molar-refractivity contribution in [3.8, 4) is 17.6 Å². The minimum Gasteiger partial charge on any atom is -0.456 e. The zero-order valence-electron chi connectivity index (χ0n) is 13.8. The molecule has 0 aliphatic carbocycles. The Morgan fingerprint density at radius 2 is 1.96 bits per heavy atom. The number of ether oxygens (including phenoxy) is 1. The van der Waals surface area contributed by atoms with Crippen molar-refractivity contribution in [1.82, 2.24) is 5.32 Å². The molecule has 0 unspecified atom stereocenters. The second-order valence-electron chi connectivity index (χ2n) is 5.07. The summed E-state index contributed by atoms with van der Waals surface area (Å²) in [6.07, 6.45) is 1.47. The molecule has 5 nitrogen and oxygen atoms in total. The van der Waals surface area contributed by atoms with Crippen LogP contribution in [0.15, 0.2) is 60.0 Å². The SMILES string of the molecule is C=CCNC(=O)Nc1ccc(Oc2ccc(C#N)cc2)c(SC(F)(F)F)c1. The van der Waals surface area contributed by atoms with E-state index < -0.39 is 11.5 Å². The third-order valence-corrected chi connectivity index (χ3v) is 3.82. The first-order valence-corrected chi connectivity index (χ1v) is 8.36. The lowest BCUT2D eigenvalue weighted by Gasteiger charge is -2.14. The molecule has 2 amide bonds. The number of carbonyl (C=O) groups excluding carboxylic acids is 1. The van der Waals surface area contributed by atoms with Crippen molar-refractivity contribution in [2.75, 3.05) is 11.9 Å². The van der Waals surface area contributed by atoms with Gasteiger partial charge in [-0.3, -0.25) is 0 Å². The van der Waals surface area contributed by atoms with Gasteiger partial charge in [0.2, 0.25) is 0 Å². The Hall–Kier alpha value is -3.12. The first kappa shape index (κ1) is 20.2. The predicted molar refractivity (Wildman–Crippen MR) is 96.8 cm³/mol. The van der Waals surface area contributed by atoms with Crippen molar-refractivity contribution in [2.45, 2.75) is 10.4 Å². The number of urea groups is 1. The lowest BCUT2D eigenvalue weighted by molar-refractivity contribution is -0.0328. The van der Waals surface area contributed by atoms with E-state index >= 15 is 0 Å². The second kappa shape index (κ2) is 9.00. The summed E-state index contributed by atoms with van der Waals surface area (Å²) in [5, 5.41) is 13.7. The largest absolute Gasteiger partial charge is 0.456 e. The van der Waals surface area contributed by atoms with E-state index in [1.165, 1.54) is 48.5 Å². The monoisotopic (exact) mass is 393 g/mol. The summed E-state index contributed by atoms with van der Waals surface area (Å²) in [5.74, 6) is 0.251. The van der Waals surface area contributed by atoms with E-state index in [2.05, 4.69) is 17.2 Å². The van der Waals surface area contributed by atoms with Crippen LogP contribution in [0, 0.1) is 11.3 Å². The molecule has 2 N–H and O–H groups in total. The van der Waals surface area contributed by atoms with Crippen LogP contribution in [0.3, 0.4) is 0 Å². The lowest BCUT2D eigenvalue weighted by Crippen LogP contribution is -2.28. The van der Waals surface area contributed by atoms with E-state index in [0.717, 1.165) is 0 Å². The van der Waals surface area contributed by atoms with Crippen LogP contribution in [0.1, 0.15) is 5.56 Å². The number of nitrogens with one attached hydrogen (secondary N) is 2. The van der Waals surface area contributed by atoms with Gasteiger partial charge in [0.1, 0.15) is 11.5 Å². The van der Waals surface area contributed by atoms with Crippen molar-refractivity contribution in [1.29, 1.82) is 5.26 Å². The van der Waals surface area contributed by atoms with Gasteiger partial charge in [0.25, 0.3) is 0 Å². The van der Waals surface area contributed by atoms with Gasteiger partial charge in [0.05, 0.1) is 16.5 Å². The number of amides is 2. The number of carbonyl (C=O) groups is 1. The number of nitriles is 1. The Bertz CT molecular complexity index is 862. The highest BCUT2D eigenvalue weighted by molar-refractivity contribution is 8.00. The molecule has 0 aliphatic heterocycles. The Kier molecular flexibility index (Phi) is 6.73. The number of nitrogens with zero attached hydrogens (tertiary/aromatic N) is 1. The quantitative estimate of drug-likeness (QED) is 0.518. The average molecular weight is 393 g/mol. The zero-order chi connectivity index (χ0) is 19.9. The molecule has 0 spiro atoms. The van der Waals surface area contributed by atoms with Crippen LogP contribution >= 0.6 is 11.8 Å². The molecule has 0 saturated heterocycles. The summed E-state index contributed by atoms with van der Waals surface area (Å²) in [7, 11) is 0. The predicted octanol–water partition coefficient (Wildman–Crippen LogP) is 5.27. The fourth-order valence-electron chi connectivity index (χ4n) is 1.94. The van der Waals surface area contributed by atoms with Gasteiger partial charge in [-0.25, -0.2) is 4.79 Å². The van der Waals surface area contributed by atoms with Gasteiger partial charge in [-0.1, -0.05) is 6.08 Å². The van der Waals surface area contributed by atoms with E-state index in [9.17, 15) is 18.0 Å². The van der Waals surface area contributed by atoms with Gasteiger partial charge < -0.3 is 15.4 Å². The minimum atomic E-state index is -4.54. The van der Waals surface area contributed by atoms with Crippen LogP contribution in [-0.2, 0) is 0 Å². The maximum atomic E-state index is 12.9. The van der Waals surface area contributed by atoms with Crippen LogP contribution in [0.25, 0.3) is 0 Å². The van der Waals surface area contributed by atoms with Crippen molar-refractivity contribution in [3.05, 3.63) is 60.7 Å². The second-order valence-corrected chi connectivity index (χ2v) is 6.18. The van der Waals surface area contributed by atoms with Crippen LogP contribution in [-0.4, -0.2) is 18.1 Å². The first-order valence-electron chi connectivity index (χ1n) is 7.54. The number of benzene rings is 2. The molecule has 0 heterocycles. The molecular weight excluding hydrogens is 379 g/mol. The molecule has 2 rings (SSSR count). The highest BCUT2D eigenvalue weighted by atomic mass is 32.2. The van der Waals surface area contributed by atoms with E-state index in [4.69, 9.17) is 10.00 Å². The average Bonchev–Trinajstić information content (AvgIpc) is 2.61. The van der Waals surface area contributed by atoms with Gasteiger partial charge >= 0.3 is 11.5 Å². The molecule has 27 heavy (non-hydrogen) atoms. The van der Waals surface area contributed by atoms with Crippen molar-refractivity contribution in [2.24, 2.45) is 0 Å². The number of anilines is 1. The molecule has 9 heteroatoms. The van der Waals surface area contributed by atoms with Crippen LogP contribution in [0.4, 0.5) is 23.7 Å². The van der Waals surface area contributed by atoms with E-state index in [1.807, 2.05) is 6.07 Å². The summed E-state index contributed by atoms with van der Waals surface area (Å²) >= 11 is -0.352. The number of hydrogen-bond acceptors (Lipinski definition) is 4. The fourth-order valence-corrected chi connectivity index (χ4v) is 2.58. The van der Waals surface area contributed by atoms with Gasteiger partial charge in [0.15, 0.2) is 0 Å². The molecule has 0 saturated carbocycles. The molecule has 0 bridgehead atoms. The molecule has 0 radical (unpaired) electrons. The normalized spacial score (nSPS) is 10.6. The standard InChI is InChI=1S/C18H14F3N3O2S/c1-2-9-23-17(25)24-13-5-8-15(16(10-13)27-18(19,20)21)26-14-6-3-12(11-22)4-7-14/h2-8,10H,1,9H2,(H2,23,24,25). The molecule has 0 atom stereocenters. The highest BCUT2D eigenvalue weighted by Crippen LogP contribution is 2.43. The van der Waals surface area contributed by atoms with Crippen LogP contribution in [0.5, 0.6) is 11.5 Å². The molecule has 140 valence electrons. The number of hydrogen-bond donors (Lipinski definition) is 2. The summed E-state index contributed by atoms with van der Waals surface area (Å²) < 4.78 is 44.1. The van der Waals surface area contributed by atoms with E-state index in [0.29, 0.717) is 5.56 Å². The first-order chi connectivity index (χ1) is 12.8. The maximum absolute atomic E-state index is 12.9. The van der Waals surface area contributed by atoms with Crippen molar-refractivity contribution in [3.63, 3.8) is 0 Å². The third-order valence-electron chi connectivity index (χ3n) is 3.05. The summed E-state index contributed by atoms with van der Waals surface area (Å²) in [4.78, 5) is 11.4. The minimum absolute atomic E-state index is 0.0286. The van der Waals surface area contributed by atoms with Gasteiger partial charge in [-0.15, -0.1) is 6.58 Å². The van der Waals surface area contributed by atoms with Gasteiger partial charge in [-0.05, 0) is 54.2 Å². The Morgan fingerprint density at radius 3 is 2.56 bits per heavy atom. The molecule has 0 fully saturated rings. The summed E-state index contributed by atoms with van der Waals surface area (Å²) in [5.41, 5.74) is -3.96.